The van der Waals surface area contributed by atoms with Gasteiger partial charge in [-0.15, -0.1) is 10.2 Å². The molecular weight excluding hydrogens is 412 g/mol. The fourth-order valence-corrected chi connectivity index (χ4v) is 4.25. The number of rotatable bonds is 1. The van der Waals surface area contributed by atoms with E-state index in [1.54, 1.807) is 18.4 Å². The lowest BCUT2D eigenvalue weighted by atomic mass is 9.91. The van der Waals surface area contributed by atoms with E-state index in [0.29, 0.717) is 33.8 Å². The third-order valence-electron chi connectivity index (χ3n) is 5.73. The first-order valence-corrected chi connectivity index (χ1v) is 9.58. The summed E-state index contributed by atoms with van der Waals surface area (Å²) in [6.45, 7) is 7.23. The average molecular weight is 430 g/mol. The van der Waals surface area contributed by atoms with Gasteiger partial charge in [0.15, 0.2) is 5.82 Å². The topological polar surface area (TPSA) is 71.4 Å². The number of hydrogen-bond donors (Lipinski definition) is 2. The number of benzene rings is 2. The molecule has 1 aliphatic rings. The summed E-state index contributed by atoms with van der Waals surface area (Å²) in [5, 5.41) is 18.5. The molecule has 6 nitrogen and oxygen atoms in total. The molecule has 2 aromatic carbocycles. The molecule has 10 heteroatoms. The largest absolute Gasteiger partial charge is 0.416 e. The summed E-state index contributed by atoms with van der Waals surface area (Å²) in [6.07, 6.45) is -3.11. The van der Waals surface area contributed by atoms with Gasteiger partial charge in [0, 0.05) is 5.39 Å². The Hall–Kier alpha value is -3.43. The van der Waals surface area contributed by atoms with E-state index in [1.807, 2.05) is 13.8 Å². The van der Waals surface area contributed by atoms with Gasteiger partial charge in [-0.1, -0.05) is 0 Å². The maximum absolute atomic E-state index is 15.4. The zero-order valence-corrected chi connectivity index (χ0v) is 17.1. The molecule has 0 bridgehead atoms. The Morgan fingerprint density at radius 2 is 1.77 bits per heavy atom. The Labute approximate surface area is 174 Å². The average Bonchev–Trinajstić information content (AvgIpc) is 3.30. The lowest BCUT2D eigenvalue weighted by Crippen LogP contribution is -2.37. The quantitative estimate of drug-likeness (QED) is 0.405. The van der Waals surface area contributed by atoms with Crippen LogP contribution in [0, 0.1) is 19.7 Å². The fourth-order valence-electron chi connectivity index (χ4n) is 4.25. The second kappa shape index (κ2) is 6.05. The zero-order chi connectivity index (χ0) is 22.3. The first kappa shape index (κ1) is 19.5. The summed E-state index contributed by atoms with van der Waals surface area (Å²) in [5.74, 6) is 0.578. The van der Waals surface area contributed by atoms with Crippen molar-refractivity contribution >= 4 is 16.6 Å². The highest BCUT2D eigenvalue weighted by atomic mass is 19.4. The molecule has 0 saturated heterocycles. The fraction of sp³-hybridized carbons (Fsp3) is 0.286. The summed E-state index contributed by atoms with van der Waals surface area (Å²) in [5.41, 5.74) is 0.643. The van der Waals surface area contributed by atoms with E-state index in [9.17, 15) is 13.2 Å². The highest BCUT2D eigenvalue weighted by Crippen LogP contribution is 2.45. The molecule has 160 valence electrons. The van der Waals surface area contributed by atoms with Gasteiger partial charge >= 0.3 is 6.18 Å². The summed E-state index contributed by atoms with van der Waals surface area (Å²) < 4.78 is 57.7. The van der Waals surface area contributed by atoms with Gasteiger partial charge in [-0.3, -0.25) is 9.67 Å². The minimum atomic E-state index is -4.56. The number of alkyl halides is 3. The van der Waals surface area contributed by atoms with Crippen LogP contribution in [0.2, 0.25) is 0 Å². The van der Waals surface area contributed by atoms with Crippen LogP contribution < -0.4 is 5.32 Å². The number of H-pyrrole nitrogens is 1. The Balaban J connectivity index is 1.86. The number of hydrogen-bond acceptors (Lipinski definition) is 4. The van der Waals surface area contributed by atoms with E-state index in [2.05, 4.69) is 25.7 Å². The monoisotopic (exact) mass is 430 g/mol. The molecular formula is C21H18F4N6. The van der Waals surface area contributed by atoms with Gasteiger partial charge in [0.25, 0.3) is 0 Å². The molecule has 0 amide bonds. The van der Waals surface area contributed by atoms with Crippen molar-refractivity contribution in [3.05, 3.63) is 53.0 Å². The Morgan fingerprint density at radius 1 is 1.03 bits per heavy atom. The van der Waals surface area contributed by atoms with Crippen LogP contribution in [0.25, 0.3) is 27.7 Å². The third kappa shape index (κ3) is 2.74. The number of anilines is 1. The molecule has 0 aliphatic carbocycles. The van der Waals surface area contributed by atoms with Crippen molar-refractivity contribution in [2.45, 2.75) is 39.4 Å². The van der Waals surface area contributed by atoms with Crippen LogP contribution in [0.4, 0.5) is 23.2 Å². The maximum atomic E-state index is 15.4. The lowest BCUT2D eigenvalue weighted by Gasteiger charge is -2.35. The smallest absolute Gasteiger partial charge is 0.369 e. The first-order chi connectivity index (χ1) is 14.5. The molecule has 0 fully saturated rings. The minimum absolute atomic E-state index is 0.225. The van der Waals surface area contributed by atoms with E-state index in [4.69, 9.17) is 0 Å². The SMILES string of the molecule is Cc1c(-c2cc(C(F)(F)F)cc3[nH]ncc23)cc(F)c2c1-n1c(C)nnc1C(C)(C)N2. The Bertz CT molecular complexity index is 1360. The number of halogens is 4. The van der Waals surface area contributed by atoms with Crippen molar-refractivity contribution < 1.29 is 17.6 Å². The molecule has 2 N–H and O–H groups in total. The van der Waals surface area contributed by atoms with Gasteiger partial charge in [0.1, 0.15) is 11.6 Å². The van der Waals surface area contributed by atoms with Crippen molar-refractivity contribution in [1.29, 1.82) is 0 Å². The van der Waals surface area contributed by atoms with E-state index in [0.717, 1.165) is 12.1 Å². The summed E-state index contributed by atoms with van der Waals surface area (Å²) in [6, 6.07) is 3.30. The number of fused-ring (bicyclic) bond motifs is 4. The summed E-state index contributed by atoms with van der Waals surface area (Å²) >= 11 is 0. The molecule has 0 unspecified atom stereocenters. The number of aromatic nitrogens is 5. The van der Waals surface area contributed by atoms with E-state index in [-0.39, 0.29) is 16.8 Å². The number of aryl methyl sites for hydroxylation is 1. The number of aromatic amines is 1. The highest BCUT2D eigenvalue weighted by molar-refractivity contribution is 5.97. The van der Waals surface area contributed by atoms with Crippen molar-refractivity contribution in [3.63, 3.8) is 0 Å². The van der Waals surface area contributed by atoms with Crippen LogP contribution >= 0.6 is 0 Å². The summed E-state index contributed by atoms with van der Waals surface area (Å²) in [4.78, 5) is 0. The van der Waals surface area contributed by atoms with E-state index >= 15 is 4.39 Å². The van der Waals surface area contributed by atoms with Gasteiger partial charge < -0.3 is 5.32 Å². The third-order valence-corrected chi connectivity index (χ3v) is 5.73. The second-order valence-corrected chi connectivity index (χ2v) is 8.26. The first-order valence-electron chi connectivity index (χ1n) is 9.58. The standard InChI is InChI=1S/C21H18F4N6/c1-9-12(13-5-11(21(23,24)25)6-16-14(13)8-26-29-16)7-15(22)17-18(9)31-10(2)28-30-19(31)20(3,4)27-17/h5-8,27H,1-4H3,(H,26,29). The van der Waals surface area contributed by atoms with Gasteiger partial charge in [-0.2, -0.15) is 18.3 Å². The van der Waals surface area contributed by atoms with Crippen LogP contribution in [0.5, 0.6) is 0 Å². The van der Waals surface area contributed by atoms with Gasteiger partial charge in [-0.25, -0.2) is 4.39 Å². The molecule has 3 heterocycles. The molecule has 1 aliphatic heterocycles. The normalized spacial score (nSPS) is 15.0. The zero-order valence-electron chi connectivity index (χ0n) is 17.1. The second-order valence-electron chi connectivity index (χ2n) is 8.26. The minimum Gasteiger partial charge on any atom is -0.369 e. The molecule has 4 aromatic rings. The number of nitrogens with one attached hydrogen (secondary N) is 2. The van der Waals surface area contributed by atoms with Crippen molar-refractivity contribution in [2.75, 3.05) is 5.32 Å². The van der Waals surface area contributed by atoms with Crippen LogP contribution in [0.1, 0.15) is 36.6 Å². The van der Waals surface area contributed by atoms with Crippen molar-refractivity contribution in [3.8, 4) is 16.8 Å². The predicted molar refractivity (Wildman–Crippen MR) is 108 cm³/mol. The van der Waals surface area contributed by atoms with Crippen LogP contribution in [0.3, 0.4) is 0 Å². The highest BCUT2D eigenvalue weighted by Gasteiger charge is 2.37. The maximum Gasteiger partial charge on any atom is 0.416 e. The van der Waals surface area contributed by atoms with Crippen LogP contribution in [-0.2, 0) is 11.7 Å². The molecule has 0 saturated carbocycles. The van der Waals surface area contributed by atoms with Crippen molar-refractivity contribution in [2.24, 2.45) is 0 Å². The molecule has 0 atom stereocenters. The number of nitrogens with zero attached hydrogens (tertiary/aromatic N) is 4. The molecule has 0 radical (unpaired) electrons. The molecule has 31 heavy (non-hydrogen) atoms. The van der Waals surface area contributed by atoms with Gasteiger partial charge in [-0.05, 0) is 62.6 Å². The lowest BCUT2D eigenvalue weighted by molar-refractivity contribution is -0.137. The molecule has 5 rings (SSSR count). The van der Waals surface area contributed by atoms with E-state index in [1.165, 1.54) is 12.3 Å². The molecule has 0 spiro atoms. The summed E-state index contributed by atoms with van der Waals surface area (Å²) in [7, 11) is 0. The Morgan fingerprint density at radius 3 is 2.48 bits per heavy atom. The Kier molecular flexibility index (Phi) is 3.81. The van der Waals surface area contributed by atoms with E-state index < -0.39 is 23.1 Å². The van der Waals surface area contributed by atoms with Crippen molar-refractivity contribution in [1.82, 2.24) is 25.0 Å². The van der Waals surface area contributed by atoms with Gasteiger partial charge in [0.05, 0.1) is 34.2 Å². The van der Waals surface area contributed by atoms with Crippen LogP contribution in [0.15, 0.2) is 24.4 Å². The molecule has 2 aromatic heterocycles. The van der Waals surface area contributed by atoms with Crippen LogP contribution in [-0.4, -0.2) is 25.0 Å². The van der Waals surface area contributed by atoms with Gasteiger partial charge in [0.2, 0.25) is 0 Å². The predicted octanol–water partition coefficient (Wildman–Crippen LogP) is 5.25.